The van der Waals surface area contributed by atoms with Gasteiger partial charge in [-0.1, -0.05) is 0 Å². The van der Waals surface area contributed by atoms with Gasteiger partial charge in [-0.3, -0.25) is 0 Å². The third-order valence-electron chi connectivity index (χ3n) is 4.56. The van der Waals surface area contributed by atoms with E-state index >= 15 is 0 Å². The molecule has 4 rings (SSSR count). The van der Waals surface area contributed by atoms with Crippen LogP contribution in [0.3, 0.4) is 0 Å². The van der Waals surface area contributed by atoms with Gasteiger partial charge in [0.2, 0.25) is 0 Å². The molecule has 1 unspecified atom stereocenters. The molecule has 3 aromatic heterocycles. The summed E-state index contributed by atoms with van der Waals surface area (Å²) in [5.74, 6) is 0.945. The Balaban J connectivity index is 1.49. The minimum absolute atomic E-state index is 0.115. The average Bonchev–Trinajstić information content (AvgIpc) is 3.31. The minimum atomic E-state index is -0.115. The molecule has 26 heavy (non-hydrogen) atoms. The van der Waals surface area contributed by atoms with Crippen LogP contribution in [0.25, 0.3) is 11.0 Å². The summed E-state index contributed by atoms with van der Waals surface area (Å²) in [4.78, 5) is 15.7. The van der Waals surface area contributed by atoms with E-state index in [-0.39, 0.29) is 11.6 Å². The maximum atomic E-state index is 6.06. The van der Waals surface area contributed by atoms with Crippen molar-refractivity contribution in [3.63, 3.8) is 0 Å². The van der Waals surface area contributed by atoms with Crippen molar-refractivity contribution in [1.82, 2.24) is 24.7 Å². The monoisotopic (exact) mass is 372 g/mol. The molecule has 0 N–H and O–H groups in total. The van der Waals surface area contributed by atoms with Crippen LogP contribution in [0.5, 0.6) is 0 Å². The van der Waals surface area contributed by atoms with Crippen LogP contribution in [0.2, 0.25) is 0 Å². The van der Waals surface area contributed by atoms with Crippen molar-refractivity contribution in [2.45, 2.75) is 52.4 Å². The standard InChI is InChI=1S/C18H24N6OS/c1-12-22-13(10-26-12)9-25-14-5-6-23(8-14)16-15-7-21-24(18(2,3)4)17(15)20-11-19-16/h7,10-11,14H,5-6,8-9H2,1-4H3. The molecule has 4 heterocycles. The van der Waals surface area contributed by atoms with Gasteiger partial charge in [0.05, 0.1) is 40.5 Å². The highest BCUT2D eigenvalue weighted by Crippen LogP contribution is 2.29. The fraction of sp³-hybridized carbons (Fsp3) is 0.556. The summed E-state index contributed by atoms with van der Waals surface area (Å²) < 4.78 is 8.02. The van der Waals surface area contributed by atoms with Gasteiger partial charge in [0, 0.05) is 18.5 Å². The van der Waals surface area contributed by atoms with Crippen LogP contribution in [-0.2, 0) is 16.9 Å². The second-order valence-electron chi connectivity index (χ2n) is 7.69. The minimum Gasteiger partial charge on any atom is -0.370 e. The van der Waals surface area contributed by atoms with Crippen molar-refractivity contribution < 1.29 is 4.74 Å². The van der Waals surface area contributed by atoms with Gasteiger partial charge >= 0.3 is 0 Å². The molecule has 138 valence electrons. The number of aryl methyl sites for hydroxylation is 1. The number of ether oxygens (including phenoxy) is 1. The Labute approximate surface area is 157 Å². The predicted octanol–water partition coefficient (Wildman–Crippen LogP) is 3.14. The van der Waals surface area contributed by atoms with Gasteiger partial charge in [-0.05, 0) is 34.1 Å². The van der Waals surface area contributed by atoms with Gasteiger partial charge in [-0.15, -0.1) is 11.3 Å². The Hall–Kier alpha value is -2.06. The van der Waals surface area contributed by atoms with Crippen molar-refractivity contribution in [3.05, 3.63) is 28.6 Å². The molecule has 1 saturated heterocycles. The van der Waals surface area contributed by atoms with E-state index in [1.165, 1.54) is 0 Å². The first-order valence-corrected chi connectivity index (χ1v) is 9.76. The summed E-state index contributed by atoms with van der Waals surface area (Å²) in [5.41, 5.74) is 1.78. The quantitative estimate of drug-likeness (QED) is 0.701. The Morgan fingerprint density at radius 1 is 1.31 bits per heavy atom. The Morgan fingerprint density at radius 3 is 2.88 bits per heavy atom. The molecule has 3 aromatic rings. The number of thiazole rings is 1. The zero-order valence-corrected chi connectivity index (χ0v) is 16.5. The molecule has 1 aliphatic rings. The molecule has 7 nitrogen and oxygen atoms in total. The highest BCUT2D eigenvalue weighted by molar-refractivity contribution is 7.09. The second kappa shape index (κ2) is 6.59. The average molecular weight is 372 g/mol. The molecule has 1 atom stereocenters. The van der Waals surface area contributed by atoms with Crippen LogP contribution < -0.4 is 4.90 Å². The van der Waals surface area contributed by atoms with E-state index in [2.05, 4.69) is 51.1 Å². The number of rotatable bonds is 4. The van der Waals surface area contributed by atoms with Crippen molar-refractivity contribution in [3.8, 4) is 0 Å². The first-order valence-electron chi connectivity index (χ1n) is 8.88. The molecule has 8 heteroatoms. The molecular weight excluding hydrogens is 348 g/mol. The van der Waals surface area contributed by atoms with Gasteiger partial charge in [0.1, 0.15) is 12.1 Å². The van der Waals surface area contributed by atoms with Gasteiger partial charge < -0.3 is 9.64 Å². The Kier molecular flexibility index (Phi) is 4.40. The smallest absolute Gasteiger partial charge is 0.163 e. The van der Waals surface area contributed by atoms with E-state index in [0.29, 0.717) is 6.61 Å². The summed E-state index contributed by atoms with van der Waals surface area (Å²) in [5, 5.41) is 8.69. The highest BCUT2D eigenvalue weighted by atomic mass is 32.1. The van der Waals surface area contributed by atoms with Crippen molar-refractivity contribution in [2.24, 2.45) is 0 Å². The second-order valence-corrected chi connectivity index (χ2v) is 8.75. The molecular formula is C18H24N6OS. The summed E-state index contributed by atoms with van der Waals surface area (Å²) >= 11 is 1.66. The number of fused-ring (bicyclic) bond motifs is 1. The largest absolute Gasteiger partial charge is 0.370 e. The summed E-state index contributed by atoms with van der Waals surface area (Å²) in [7, 11) is 0. The van der Waals surface area contributed by atoms with E-state index in [1.807, 2.05) is 17.8 Å². The maximum absolute atomic E-state index is 6.06. The zero-order valence-electron chi connectivity index (χ0n) is 15.6. The van der Waals surface area contributed by atoms with Crippen molar-refractivity contribution in [1.29, 1.82) is 0 Å². The van der Waals surface area contributed by atoms with E-state index in [4.69, 9.17) is 4.74 Å². The SMILES string of the molecule is Cc1nc(COC2CCN(c3ncnc4c3cnn4C(C)(C)C)C2)cs1. The Morgan fingerprint density at radius 2 is 2.15 bits per heavy atom. The zero-order chi connectivity index (χ0) is 18.3. The predicted molar refractivity (Wildman–Crippen MR) is 103 cm³/mol. The number of aromatic nitrogens is 5. The van der Waals surface area contributed by atoms with Gasteiger partial charge in [0.25, 0.3) is 0 Å². The molecule has 0 aromatic carbocycles. The molecule has 0 radical (unpaired) electrons. The first-order chi connectivity index (χ1) is 12.4. The van der Waals surface area contributed by atoms with E-state index in [1.54, 1.807) is 17.7 Å². The van der Waals surface area contributed by atoms with E-state index in [0.717, 1.165) is 47.1 Å². The third kappa shape index (κ3) is 3.31. The molecule has 0 bridgehead atoms. The maximum Gasteiger partial charge on any atom is 0.163 e. The topological polar surface area (TPSA) is 69.0 Å². The Bertz CT molecular complexity index is 912. The lowest BCUT2D eigenvalue weighted by molar-refractivity contribution is 0.0536. The summed E-state index contributed by atoms with van der Waals surface area (Å²) in [6.07, 6.45) is 4.69. The van der Waals surface area contributed by atoms with Gasteiger partial charge in [-0.2, -0.15) is 5.10 Å². The summed E-state index contributed by atoms with van der Waals surface area (Å²) in [6.45, 7) is 10.7. The lowest BCUT2D eigenvalue weighted by atomic mass is 10.1. The molecule has 0 amide bonds. The van der Waals surface area contributed by atoms with E-state index in [9.17, 15) is 0 Å². The molecule has 0 spiro atoms. The number of anilines is 1. The molecule has 1 aliphatic heterocycles. The fourth-order valence-corrected chi connectivity index (χ4v) is 3.91. The van der Waals surface area contributed by atoms with Crippen LogP contribution in [-0.4, -0.2) is 43.9 Å². The molecule has 0 aliphatic carbocycles. The van der Waals surface area contributed by atoms with E-state index < -0.39 is 0 Å². The first kappa shape index (κ1) is 17.4. The number of hydrogen-bond acceptors (Lipinski definition) is 7. The normalized spacial score (nSPS) is 18.2. The number of hydrogen-bond donors (Lipinski definition) is 0. The van der Waals surface area contributed by atoms with Crippen LogP contribution in [0, 0.1) is 6.92 Å². The lowest BCUT2D eigenvalue weighted by Crippen LogP contribution is -2.25. The van der Waals surface area contributed by atoms with Crippen LogP contribution in [0.4, 0.5) is 5.82 Å². The molecule has 0 saturated carbocycles. The van der Waals surface area contributed by atoms with Crippen molar-refractivity contribution in [2.75, 3.05) is 18.0 Å². The molecule has 1 fully saturated rings. The van der Waals surface area contributed by atoms with Crippen LogP contribution in [0.1, 0.15) is 37.9 Å². The van der Waals surface area contributed by atoms with Crippen LogP contribution >= 0.6 is 11.3 Å². The van der Waals surface area contributed by atoms with Gasteiger partial charge in [0.15, 0.2) is 5.65 Å². The lowest BCUT2D eigenvalue weighted by Gasteiger charge is -2.21. The summed E-state index contributed by atoms with van der Waals surface area (Å²) in [6, 6.07) is 0. The van der Waals surface area contributed by atoms with Crippen molar-refractivity contribution >= 4 is 28.2 Å². The van der Waals surface area contributed by atoms with Gasteiger partial charge in [-0.25, -0.2) is 19.6 Å². The fourth-order valence-electron chi connectivity index (χ4n) is 3.31. The highest BCUT2D eigenvalue weighted by Gasteiger charge is 2.27. The third-order valence-corrected chi connectivity index (χ3v) is 5.38. The number of nitrogens with zero attached hydrogens (tertiary/aromatic N) is 6. The van der Waals surface area contributed by atoms with Crippen LogP contribution in [0.15, 0.2) is 17.9 Å².